The molecule has 2 heterocycles. The summed E-state index contributed by atoms with van der Waals surface area (Å²) in [5.41, 5.74) is 6.28. The van der Waals surface area contributed by atoms with Crippen LogP contribution in [-0.4, -0.2) is 21.5 Å². The molecular formula is C20H18FN5. The Hall–Kier alpha value is -3.41. The van der Waals surface area contributed by atoms with Crippen LogP contribution in [0.4, 0.5) is 15.8 Å². The molecule has 1 aliphatic heterocycles. The third-order valence-corrected chi connectivity index (χ3v) is 4.38. The summed E-state index contributed by atoms with van der Waals surface area (Å²) in [4.78, 5) is 0. The summed E-state index contributed by atoms with van der Waals surface area (Å²) in [5.74, 6) is -0.358. The fourth-order valence-electron chi connectivity index (χ4n) is 2.97. The first kappa shape index (κ1) is 16.1. The smallest absolute Gasteiger partial charge is 0.123 e. The molecule has 0 amide bonds. The third-order valence-electron chi connectivity index (χ3n) is 4.38. The summed E-state index contributed by atoms with van der Waals surface area (Å²) >= 11 is 0. The highest BCUT2D eigenvalue weighted by Gasteiger charge is 2.14. The topological polar surface area (TPSA) is 54.8 Å². The maximum absolute atomic E-state index is 13.6. The van der Waals surface area contributed by atoms with Gasteiger partial charge in [0.15, 0.2) is 0 Å². The van der Waals surface area contributed by atoms with E-state index in [0.29, 0.717) is 6.54 Å². The van der Waals surface area contributed by atoms with E-state index < -0.39 is 0 Å². The maximum atomic E-state index is 13.6. The number of rotatable bonds is 3. The summed E-state index contributed by atoms with van der Waals surface area (Å²) in [6, 6.07) is 13.8. The quantitative estimate of drug-likeness (QED) is 0.682. The lowest BCUT2D eigenvalue weighted by atomic mass is 10.2. The first-order valence-corrected chi connectivity index (χ1v) is 8.31. The van der Waals surface area contributed by atoms with Crippen LogP contribution in [0.25, 0.3) is 16.7 Å². The normalized spacial score (nSPS) is 14.5. The molecule has 130 valence electrons. The van der Waals surface area contributed by atoms with Gasteiger partial charge in [0.05, 0.1) is 22.6 Å². The predicted molar refractivity (Wildman–Crippen MR) is 103 cm³/mol. The number of allylic oxidation sites excluding steroid dienone is 3. The average Bonchev–Trinajstić information content (AvgIpc) is 3.03. The summed E-state index contributed by atoms with van der Waals surface area (Å²) in [7, 11) is 0. The first-order chi connectivity index (χ1) is 12.7. The van der Waals surface area contributed by atoms with Gasteiger partial charge in [0, 0.05) is 12.2 Å². The van der Waals surface area contributed by atoms with E-state index in [4.69, 9.17) is 0 Å². The molecule has 2 N–H and O–H groups in total. The molecule has 2 aromatic carbocycles. The van der Waals surface area contributed by atoms with Crippen molar-refractivity contribution in [1.82, 2.24) is 15.0 Å². The molecule has 4 rings (SSSR count). The maximum Gasteiger partial charge on any atom is 0.123 e. The second-order valence-corrected chi connectivity index (χ2v) is 6.08. The molecule has 3 aromatic rings. The Morgan fingerprint density at radius 1 is 1.23 bits per heavy atom. The van der Waals surface area contributed by atoms with Crippen molar-refractivity contribution in [2.45, 2.75) is 6.92 Å². The number of nitrogens with one attached hydrogen (secondary N) is 2. The van der Waals surface area contributed by atoms with Gasteiger partial charge in [-0.2, -0.15) is 0 Å². The number of para-hydroxylation sites is 1. The summed E-state index contributed by atoms with van der Waals surface area (Å²) < 4.78 is 15.4. The Morgan fingerprint density at radius 2 is 2.08 bits per heavy atom. The molecule has 0 spiro atoms. The molecule has 0 unspecified atom stereocenters. The molecule has 0 saturated carbocycles. The van der Waals surface area contributed by atoms with E-state index in [2.05, 4.69) is 27.5 Å². The van der Waals surface area contributed by atoms with Gasteiger partial charge in [-0.25, -0.2) is 9.07 Å². The van der Waals surface area contributed by atoms with E-state index in [9.17, 15) is 4.39 Å². The lowest BCUT2D eigenvalue weighted by Gasteiger charge is -2.11. The van der Waals surface area contributed by atoms with Gasteiger partial charge in [-0.1, -0.05) is 23.9 Å². The summed E-state index contributed by atoms with van der Waals surface area (Å²) in [5, 5.41) is 15.2. The average molecular weight is 347 g/mol. The lowest BCUT2D eigenvalue weighted by molar-refractivity contribution is 0.666. The molecule has 0 fully saturated rings. The molecule has 6 heteroatoms. The predicted octanol–water partition coefficient (Wildman–Crippen LogP) is 4.57. The van der Waals surface area contributed by atoms with Gasteiger partial charge in [-0.15, -0.1) is 5.10 Å². The SMILES string of the molecule is C=C/C(F)=C\C1=C(C)Nc2ccc(-n3nnc4ccccc43)cc2NC1. The van der Waals surface area contributed by atoms with Crippen molar-refractivity contribution in [3.05, 3.63) is 78.3 Å². The minimum absolute atomic E-state index is 0.358. The van der Waals surface area contributed by atoms with Crippen LogP contribution in [0.15, 0.2) is 78.3 Å². The highest BCUT2D eigenvalue weighted by atomic mass is 19.1. The molecule has 5 nitrogen and oxygen atoms in total. The summed E-state index contributed by atoms with van der Waals surface area (Å²) in [6.45, 7) is 5.89. The fraction of sp³-hybridized carbons (Fsp3) is 0.100. The molecular weight excluding hydrogens is 329 g/mol. The Labute approximate surface area is 150 Å². The largest absolute Gasteiger partial charge is 0.379 e. The van der Waals surface area contributed by atoms with Crippen molar-refractivity contribution in [1.29, 1.82) is 0 Å². The standard InChI is InChI=1S/C20H18FN5/c1-3-15(21)10-14-12-22-19-11-16(8-9-17(19)23-13(14)2)26-20-7-5-4-6-18(20)24-25-26/h3-11,22-23H,1,12H2,2H3/b15-10+. The third kappa shape index (κ3) is 2.86. The minimum Gasteiger partial charge on any atom is -0.379 e. The molecule has 26 heavy (non-hydrogen) atoms. The zero-order chi connectivity index (χ0) is 18.1. The highest BCUT2D eigenvalue weighted by Crippen LogP contribution is 2.30. The number of anilines is 2. The van der Waals surface area contributed by atoms with E-state index in [0.717, 1.165) is 39.4 Å². The molecule has 0 aliphatic carbocycles. The van der Waals surface area contributed by atoms with Gasteiger partial charge in [-0.3, -0.25) is 0 Å². The number of fused-ring (bicyclic) bond motifs is 2. The number of nitrogens with zero attached hydrogens (tertiary/aromatic N) is 3. The van der Waals surface area contributed by atoms with Crippen LogP contribution >= 0.6 is 0 Å². The zero-order valence-electron chi connectivity index (χ0n) is 14.3. The number of aromatic nitrogens is 3. The van der Waals surface area contributed by atoms with Crippen molar-refractivity contribution in [2.75, 3.05) is 17.2 Å². The molecule has 1 aromatic heterocycles. The summed E-state index contributed by atoms with van der Waals surface area (Å²) in [6.07, 6.45) is 2.69. The van der Waals surface area contributed by atoms with Gasteiger partial charge in [0.1, 0.15) is 11.3 Å². The van der Waals surface area contributed by atoms with E-state index in [-0.39, 0.29) is 5.83 Å². The highest BCUT2D eigenvalue weighted by molar-refractivity contribution is 5.79. The number of benzene rings is 2. The van der Waals surface area contributed by atoms with Crippen LogP contribution in [0.3, 0.4) is 0 Å². The van der Waals surface area contributed by atoms with Crippen molar-refractivity contribution >= 4 is 22.4 Å². The van der Waals surface area contributed by atoms with Gasteiger partial charge in [0.2, 0.25) is 0 Å². The first-order valence-electron chi connectivity index (χ1n) is 8.31. The van der Waals surface area contributed by atoms with Gasteiger partial charge >= 0.3 is 0 Å². The lowest BCUT2D eigenvalue weighted by Crippen LogP contribution is -2.04. The Bertz CT molecular complexity index is 1060. The van der Waals surface area contributed by atoms with Gasteiger partial charge in [-0.05, 0) is 55.0 Å². The Morgan fingerprint density at radius 3 is 2.92 bits per heavy atom. The van der Waals surface area contributed by atoms with Crippen molar-refractivity contribution in [3.63, 3.8) is 0 Å². The van der Waals surface area contributed by atoms with Crippen LogP contribution in [0, 0.1) is 0 Å². The number of hydrogen-bond acceptors (Lipinski definition) is 4. The Balaban J connectivity index is 1.70. The second kappa shape index (κ2) is 6.48. The number of hydrogen-bond donors (Lipinski definition) is 2. The van der Waals surface area contributed by atoms with E-state index in [1.54, 1.807) is 4.68 Å². The zero-order valence-corrected chi connectivity index (χ0v) is 14.3. The fourth-order valence-corrected chi connectivity index (χ4v) is 2.97. The second-order valence-electron chi connectivity index (χ2n) is 6.08. The van der Waals surface area contributed by atoms with Crippen molar-refractivity contribution < 1.29 is 4.39 Å². The molecule has 0 saturated heterocycles. The van der Waals surface area contributed by atoms with E-state index in [1.165, 1.54) is 12.2 Å². The molecule has 0 bridgehead atoms. The van der Waals surface area contributed by atoms with Crippen molar-refractivity contribution in [3.8, 4) is 5.69 Å². The molecule has 1 aliphatic rings. The van der Waals surface area contributed by atoms with Crippen LogP contribution in [0.1, 0.15) is 6.92 Å². The molecule has 0 radical (unpaired) electrons. The van der Waals surface area contributed by atoms with E-state index in [1.807, 2.05) is 49.4 Å². The Kier molecular flexibility index (Phi) is 4.01. The molecule has 0 atom stereocenters. The monoisotopic (exact) mass is 347 g/mol. The van der Waals surface area contributed by atoms with Crippen molar-refractivity contribution in [2.24, 2.45) is 0 Å². The van der Waals surface area contributed by atoms with Crippen LogP contribution in [0.2, 0.25) is 0 Å². The van der Waals surface area contributed by atoms with Crippen LogP contribution in [0.5, 0.6) is 0 Å². The van der Waals surface area contributed by atoms with Gasteiger partial charge < -0.3 is 10.6 Å². The van der Waals surface area contributed by atoms with Gasteiger partial charge in [0.25, 0.3) is 0 Å². The minimum atomic E-state index is -0.358. The van der Waals surface area contributed by atoms with Crippen LogP contribution < -0.4 is 10.6 Å². The van der Waals surface area contributed by atoms with E-state index >= 15 is 0 Å². The van der Waals surface area contributed by atoms with Crippen LogP contribution in [-0.2, 0) is 0 Å². The number of halogens is 1.